The number of hydrogen-bond donors (Lipinski definition) is 1. The normalized spacial score (nSPS) is 12.3. The summed E-state index contributed by atoms with van der Waals surface area (Å²) in [6, 6.07) is 27.4. The van der Waals surface area contributed by atoms with Crippen molar-refractivity contribution in [2.45, 2.75) is 13.0 Å². The van der Waals surface area contributed by atoms with Gasteiger partial charge in [0, 0.05) is 6.08 Å². The molecule has 3 nitrogen and oxygen atoms in total. The quantitative estimate of drug-likeness (QED) is 0.630. The van der Waals surface area contributed by atoms with E-state index in [-0.39, 0.29) is 11.9 Å². The Labute approximate surface area is 160 Å². The van der Waals surface area contributed by atoms with Crippen molar-refractivity contribution in [3.05, 3.63) is 108 Å². The summed E-state index contributed by atoms with van der Waals surface area (Å²) in [5.74, 6) is 0.665. The summed E-state index contributed by atoms with van der Waals surface area (Å²) in [6.07, 6.45) is 1.65. The molecule has 0 radical (unpaired) electrons. The number of nitrogens with one attached hydrogen (secondary N) is 1. The smallest absolute Gasteiger partial charge is 0.245 e. The Morgan fingerprint density at radius 3 is 2.00 bits per heavy atom. The van der Waals surface area contributed by atoms with Crippen LogP contribution >= 0.6 is 0 Å². The summed E-state index contributed by atoms with van der Waals surface area (Å²) in [6.45, 7) is 1.94. The lowest BCUT2D eigenvalue weighted by molar-refractivity contribution is -0.116. The van der Waals surface area contributed by atoms with E-state index in [1.54, 1.807) is 13.2 Å². The molecule has 0 saturated heterocycles. The Kier molecular flexibility index (Phi) is 6.06. The highest BCUT2D eigenvalue weighted by Gasteiger charge is 2.16. The molecule has 3 heteroatoms. The SMILES string of the molecule is COc1ccc([C@@H](NC(=O)/C=C(\C)c2ccccc2)c2ccccc2)cc1. The number of amides is 1. The molecule has 0 aromatic heterocycles. The number of benzene rings is 3. The number of hydrogen-bond acceptors (Lipinski definition) is 2. The topological polar surface area (TPSA) is 38.3 Å². The van der Waals surface area contributed by atoms with Crippen LogP contribution < -0.4 is 10.1 Å². The van der Waals surface area contributed by atoms with E-state index in [1.165, 1.54) is 0 Å². The van der Waals surface area contributed by atoms with Crippen LogP contribution in [-0.4, -0.2) is 13.0 Å². The van der Waals surface area contributed by atoms with Gasteiger partial charge in [-0.2, -0.15) is 0 Å². The Balaban J connectivity index is 1.86. The number of rotatable bonds is 6. The number of methoxy groups -OCH3 is 1. The summed E-state index contributed by atoms with van der Waals surface area (Å²) in [5, 5.41) is 3.13. The second kappa shape index (κ2) is 8.86. The van der Waals surface area contributed by atoms with Crippen LogP contribution in [0.2, 0.25) is 0 Å². The van der Waals surface area contributed by atoms with Crippen molar-refractivity contribution in [2.24, 2.45) is 0 Å². The zero-order chi connectivity index (χ0) is 19.1. The molecule has 3 aromatic rings. The van der Waals surface area contributed by atoms with Crippen molar-refractivity contribution in [3.8, 4) is 5.75 Å². The highest BCUT2D eigenvalue weighted by molar-refractivity contribution is 5.95. The van der Waals surface area contributed by atoms with Gasteiger partial charge in [0.2, 0.25) is 5.91 Å². The summed E-state index contributed by atoms with van der Waals surface area (Å²) < 4.78 is 5.24. The highest BCUT2D eigenvalue weighted by Crippen LogP contribution is 2.24. The second-order valence-corrected chi connectivity index (χ2v) is 6.32. The van der Waals surface area contributed by atoms with E-state index in [0.717, 1.165) is 28.0 Å². The lowest BCUT2D eigenvalue weighted by atomic mass is 9.98. The van der Waals surface area contributed by atoms with Gasteiger partial charge in [-0.1, -0.05) is 72.8 Å². The monoisotopic (exact) mass is 357 g/mol. The average molecular weight is 357 g/mol. The van der Waals surface area contributed by atoms with Crippen molar-refractivity contribution >= 4 is 11.5 Å². The summed E-state index contributed by atoms with van der Waals surface area (Å²) >= 11 is 0. The van der Waals surface area contributed by atoms with Gasteiger partial charge in [0.15, 0.2) is 0 Å². The number of carbonyl (C=O) groups is 1. The van der Waals surface area contributed by atoms with Crippen LogP contribution in [0.4, 0.5) is 0 Å². The van der Waals surface area contributed by atoms with Gasteiger partial charge in [-0.3, -0.25) is 4.79 Å². The van der Waals surface area contributed by atoms with E-state index in [1.807, 2.05) is 91.9 Å². The van der Waals surface area contributed by atoms with Gasteiger partial charge >= 0.3 is 0 Å². The first-order valence-electron chi connectivity index (χ1n) is 8.90. The lowest BCUT2D eigenvalue weighted by Gasteiger charge is -2.19. The predicted molar refractivity (Wildman–Crippen MR) is 110 cm³/mol. The zero-order valence-electron chi connectivity index (χ0n) is 15.6. The first-order valence-corrected chi connectivity index (χ1v) is 8.90. The second-order valence-electron chi connectivity index (χ2n) is 6.32. The molecular formula is C24H23NO2. The van der Waals surface area contributed by atoms with Crippen molar-refractivity contribution in [1.29, 1.82) is 0 Å². The minimum absolute atomic E-state index is 0.124. The van der Waals surface area contributed by atoms with Crippen LogP contribution in [0, 0.1) is 0 Å². The fourth-order valence-corrected chi connectivity index (χ4v) is 2.97. The highest BCUT2D eigenvalue weighted by atomic mass is 16.5. The molecule has 27 heavy (non-hydrogen) atoms. The van der Waals surface area contributed by atoms with Gasteiger partial charge in [-0.15, -0.1) is 0 Å². The molecule has 1 atom stereocenters. The van der Waals surface area contributed by atoms with E-state index in [2.05, 4.69) is 5.32 Å². The minimum atomic E-state index is -0.232. The first-order chi connectivity index (χ1) is 13.2. The largest absolute Gasteiger partial charge is 0.497 e. The average Bonchev–Trinajstić information content (AvgIpc) is 2.73. The Bertz CT molecular complexity index is 900. The molecule has 0 aliphatic rings. The number of allylic oxidation sites excluding steroid dienone is 1. The third-order valence-corrected chi connectivity index (χ3v) is 4.45. The molecule has 1 N–H and O–H groups in total. The van der Waals surface area contributed by atoms with Gasteiger partial charge in [0.05, 0.1) is 13.2 Å². The summed E-state index contributed by atoms with van der Waals surface area (Å²) in [7, 11) is 1.64. The third kappa shape index (κ3) is 4.85. The maximum Gasteiger partial charge on any atom is 0.245 e. The Morgan fingerprint density at radius 1 is 0.852 bits per heavy atom. The Hall–Kier alpha value is -3.33. The molecule has 0 unspecified atom stereocenters. The fraction of sp³-hybridized carbons (Fsp3) is 0.125. The molecule has 0 saturated carbocycles. The van der Waals surface area contributed by atoms with Crippen molar-refractivity contribution in [2.75, 3.05) is 7.11 Å². The van der Waals surface area contributed by atoms with Crippen molar-refractivity contribution in [3.63, 3.8) is 0 Å². The molecule has 0 aliphatic heterocycles. The maximum absolute atomic E-state index is 12.7. The molecule has 0 aliphatic carbocycles. The van der Waals surface area contributed by atoms with E-state index < -0.39 is 0 Å². The molecule has 0 bridgehead atoms. The molecule has 0 spiro atoms. The van der Waals surface area contributed by atoms with Crippen LogP contribution in [0.15, 0.2) is 91.0 Å². The van der Waals surface area contributed by atoms with Crippen molar-refractivity contribution < 1.29 is 9.53 Å². The number of carbonyl (C=O) groups excluding carboxylic acids is 1. The van der Waals surface area contributed by atoms with E-state index in [9.17, 15) is 4.79 Å². The minimum Gasteiger partial charge on any atom is -0.497 e. The maximum atomic E-state index is 12.7. The van der Waals surface area contributed by atoms with E-state index >= 15 is 0 Å². The molecule has 136 valence electrons. The third-order valence-electron chi connectivity index (χ3n) is 4.45. The summed E-state index contributed by atoms with van der Waals surface area (Å²) in [4.78, 5) is 12.7. The molecule has 3 aromatic carbocycles. The molecule has 1 amide bonds. The summed E-state index contributed by atoms with van der Waals surface area (Å²) in [5.41, 5.74) is 3.99. The van der Waals surface area contributed by atoms with E-state index in [4.69, 9.17) is 4.74 Å². The fourth-order valence-electron chi connectivity index (χ4n) is 2.97. The van der Waals surface area contributed by atoms with Crippen LogP contribution in [0.3, 0.4) is 0 Å². The molecule has 0 heterocycles. The lowest BCUT2D eigenvalue weighted by Crippen LogP contribution is -2.27. The van der Waals surface area contributed by atoms with Crippen LogP contribution in [-0.2, 0) is 4.79 Å². The van der Waals surface area contributed by atoms with Crippen LogP contribution in [0.5, 0.6) is 5.75 Å². The van der Waals surface area contributed by atoms with Gasteiger partial charge in [0.1, 0.15) is 5.75 Å². The predicted octanol–water partition coefficient (Wildman–Crippen LogP) is 5.00. The van der Waals surface area contributed by atoms with Gasteiger partial charge < -0.3 is 10.1 Å². The van der Waals surface area contributed by atoms with Crippen LogP contribution in [0.1, 0.15) is 29.7 Å². The van der Waals surface area contributed by atoms with Gasteiger partial charge in [-0.25, -0.2) is 0 Å². The van der Waals surface area contributed by atoms with Crippen molar-refractivity contribution in [1.82, 2.24) is 5.32 Å². The number of ether oxygens (including phenoxy) is 1. The van der Waals surface area contributed by atoms with Gasteiger partial charge in [0.25, 0.3) is 0 Å². The van der Waals surface area contributed by atoms with E-state index in [0.29, 0.717) is 0 Å². The first kappa shape index (κ1) is 18.5. The standard InChI is InChI=1S/C24H23NO2/c1-18(19-9-5-3-6-10-19)17-23(26)25-24(20-11-7-4-8-12-20)21-13-15-22(27-2)16-14-21/h3-17,24H,1-2H3,(H,25,26)/b18-17+/t24-/m0/s1. The molecule has 0 fully saturated rings. The molecular weight excluding hydrogens is 334 g/mol. The zero-order valence-corrected chi connectivity index (χ0v) is 15.6. The molecule has 3 rings (SSSR count). The van der Waals surface area contributed by atoms with Gasteiger partial charge in [-0.05, 0) is 41.3 Å². The Morgan fingerprint density at radius 2 is 1.41 bits per heavy atom. The van der Waals surface area contributed by atoms with Crippen LogP contribution in [0.25, 0.3) is 5.57 Å².